The van der Waals surface area contributed by atoms with Crippen molar-refractivity contribution in [1.29, 1.82) is 0 Å². The SMILES string of the molecule is Cc1cc(C)cc(-c2nnc(S[C@H](C)C(=O)N3CCCC3)o2)c1. The van der Waals surface area contributed by atoms with Crippen LogP contribution in [-0.2, 0) is 4.79 Å². The lowest BCUT2D eigenvalue weighted by Gasteiger charge is -2.18. The molecule has 122 valence electrons. The summed E-state index contributed by atoms with van der Waals surface area (Å²) < 4.78 is 5.73. The molecule has 0 bridgehead atoms. The maximum absolute atomic E-state index is 12.3. The molecule has 1 aromatic heterocycles. The van der Waals surface area contributed by atoms with Gasteiger partial charge >= 0.3 is 0 Å². The smallest absolute Gasteiger partial charge is 0.277 e. The van der Waals surface area contributed by atoms with Crippen molar-refractivity contribution in [3.63, 3.8) is 0 Å². The van der Waals surface area contributed by atoms with Crippen LogP contribution in [-0.4, -0.2) is 39.3 Å². The number of carbonyl (C=O) groups excluding carboxylic acids is 1. The van der Waals surface area contributed by atoms with E-state index < -0.39 is 0 Å². The van der Waals surface area contributed by atoms with Gasteiger partial charge in [-0.3, -0.25) is 4.79 Å². The highest BCUT2D eigenvalue weighted by atomic mass is 32.2. The van der Waals surface area contributed by atoms with Crippen LogP contribution in [0.1, 0.15) is 30.9 Å². The van der Waals surface area contributed by atoms with E-state index in [-0.39, 0.29) is 11.2 Å². The average molecular weight is 331 g/mol. The number of aromatic nitrogens is 2. The highest BCUT2D eigenvalue weighted by Gasteiger charge is 2.25. The Kier molecular flexibility index (Phi) is 4.71. The van der Waals surface area contributed by atoms with Crippen LogP contribution in [0.4, 0.5) is 0 Å². The number of amides is 1. The van der Waals surface area contributed by atoms with Gasteiger partial charge in [-0.25, -0.2) is 0 Å². The minimum Gasteiger partial charge on any atom is -0.411 e. The quantitative estimate of drug-likeness (QED) is 0.803. The number of nitrogens with zero attached hydrogens (tertiary/aromatic N) is 3. The second-order valence-electron chi connectivity index (χ2n) is 6.04. The molecule has 1 amide bonds. The number of likely N-dealkylation sites (tertiary alicyclic amines) is 1. The summed E-state index contributed by atoms with van der Waals surface area (Å²) in [6.45, 7) is 7.70. The first kappa shape index (κ1) is 16.1. The number of rotatable bonds is 4. The normalized spacial score (nSPS) is 15.9. The summed E-state index contributed by atoms with van der Waals surface area (Å²) in [4.78, 5) is 14.2. The molecule has 6 heteroatoms. The Hall–Kier alpha value is -1.82. The van der Waals surface area contributed by atoms with Crippen molar-refractivity contribution in [1.82, 2.24) is 15.1 Å². The molecule has 1 aliphatic rings. The first-order valence-corrected chi connectivity index (χ1v) is 8.78. The van der Waals surface area contributed by atoms with Crippen LogP contribution in [0.5, 0.6) is 0 Å². The van der Waals surface area contributed by atoms with Gasteiger partial charge < -0.3 is 9.32 Å². The third-order valence-corrected chi connectivity index (χ3v) is 4.84. The Morgan fingerprint density at radius 3 is 2.48 bits per heavy atom. The highest BCUT2D eigenvalue weighted by Crippen LogP contribution is 2.28. The zero-order chi connectivity index (χ0) is 16.4. The highest BCUT2D eigenvalue weighted by molar-refractivity contribution is 8.00. The predicted molar refractivity (Wildman–Crippen MR) is 90.3 cm³/mol. The zero-order valence-electron chi connectivity index (χ0n) is 13.7. The largest absolute Gasteiger partial charge is 0.411 e. The fraction of sp³-hybridized carbons (Fsp3) is 0.471. The van der Waals surface area contributed by atoms with Crippen molar-refractivity contribution in [2.24, 2.45) is 0 Å². The molecule has 0 spiro atoms. The molecular formula is C17H21N3O2S. The first-order chi connectivity index (χ1) is 11.0. The van der Waals surface area contributed by atoms with Crippen molar-refractivity contribution >= 4 is 17.7 Å². The minimum atomic E-state index is -0.208. The molecule has 3 rings (SSSR count). The molecule has 0 N–H and O–H groups in total. The summed E-state index contributed by atoms with van der Waals surface area (Å²) in [5.41, 5.74) is 3.23. The maximum Gasteiger partial charge on any atom is 0.277 e. The monoisotopic (exact) mass is 331 g/mol. The number of hydrogen-bond acceptors (Lipinski definition) is 5. The molecule has 0 saturated carbocycles. The van der Waals surface area contributed by atoms with Gasteiger partial charge in [-0.1, -0.05) is 29.0 Å². The van der Waals surface area contributed by atoms with E-state index in [0.717, 1.165) is 42.6 Å². The fourth-order valence-corrected chi connectivity index (χ4v) is 3.64. The second kappa shape index (κ2) is 6.74. The van der Waals surface area contributed by atoms with Gasteiger partial charge in [0, 0.05) is 18.7 Å². The summed E-state index contributed by atoms with van der Waals surface area (Å²) in [6.07, 6.45) is 2.20. The minimum absolute atomic E-state index is 0.152. The number of hydrogen-bond donors (Lipinski definition) is 0. The third kappa shape index (κ3) is 3.75. The van der Waals surface area contributed by atoms with Gasteiger partial charge in [-0.15, -0.1) is 10.2 Å². The van der Waals surface area contributed by atoms with Crippen LogP contribution in [0.25, 0.3) is 11.5 Å². The van der Waals surface area contributed by atoms with Crippen LogP contribution in [0.2, 0.25) is 0 Å². The molecule has 23 heavy (non-hydrogen) atoms. The Balaban J connectivity index is 1.70. The molecule has 1 atom stereocenters. The van der Waals surface area contributed by atoms with Crippen LogP contribution in [0, 0.1) is 13.8 Å². The van der Waals surface area contributed by atoms with Crippen LogP contribution in [0.3, 0.4) is 0 Å². The predicted octanol–water partition coefficient (Wildman–Crippen LogP) is 3.46. The van der Waals surface area contributed by atoms with Gasteiger partial charge in [0.25, 0.3) is 5.22 Å². The summed E-state index contributed by atoms with van der Waals surface area (Å²) in [5, 5.41) is 8.43. The van der Waals surface area contributed by atoms with E-state index in [1.807, 2.05) is 37.8 Å². The van der Waals surface area contributed by atoms with Crippen molar-refractivity contribution in [2.75, 3.05) is 13.1 Å². The molecule has 0 unspecified atom stereocenters. The molecule has 2 heterocycles. The van der Waals surface area contributed by atoms with Gasteiger partial charge in [0.1, 0.15) is 0 Å². The molecule has 1 aliphatic heterocycles. The zero-order valence-corrected chi connectivity index (χ0v) is 14.5. The van der Waals surface area contributed by atoms with Crippen LogP contribution < -0.4 is 0 Å². The lowest BCUT2D eigenvalue weighted by atomic mass is 10.1. The van der Waals surface area contributed by atoms with Crippen molar-refractivity contribution in [3.05, 3.63) is 29.3 Å². The maximum atomic E-state index is 12.3. The van der Waals surface area contributed by atoms with Crippen molar-refractivity contribution in [2.45, 2.75) is 44.1 Å². The van der Waals surface area contributed by atoms with E-state index in [9.17, 15) is 4.79 Å². The van der Waals surface area contributed by atoms with Gasteiger partial charge in [-0.05, 0) is 45.7 Å². The molecular weight excluding hydrogens is 310 g/mol. The van der Waals surface area contributed by atoms with Crippen LogP contribution >= 0.6 is 11.8 Å². The molecule has 1 fully saturated rings. The number of carbonyl (C=O) groups is 1. The van der Waals surface area contributed by atoms with Crippen molar-refractivity contribution in [3.8, 4) is 11.5 Å². The molecule has 2 aromatic rings. The third-order valence-electron chi connectivity index (χ3n) is 3.92. The second-order valence-corrected chi connectivity index (χ2v) is 7.33. The summed E-state index contributed by atoms with van der Waals surface area (Å²) in [6, 6.07) is 6.15. The van der Waals surface area contributed by atoms with E-state index >= 15 is 0 Å². The summed E-state index contributed by atoms with van der Waals surface area (Å²) in [5.74, 6) is 0.652. The molecule has 0 aliphatic carbocycles. The lowest BCUT2D eigenvalue weighted by Crippen LogP contribution is -2.34. The van der Waals surface area contributed by atoms with E-state index in [0.29, 0.717) is 11.1 Å². The van der Waals surface area contributed by atoms with Gasteiger partial charge in [0.05, 0.1) is 5.25 Å². The topological polar surface area (TPSA) is 59.2 Å². The van der Waals surface area contributed by atoms with E-state index in [2.05, 4.69) is 16.3 Å². The molecule has 0 radical (unpaired) electrons. The average Bonchev–Trinajstić information content (AvgIpc) is 3.17. The number of aryl methyl sites for hydroxylation is 2. The Morgan fingerprint density at radius 2 is 1.83 bits per heavy atom. The lowest BCUT2D eigenvalue weighted by molar-refractivity contribution is -0.129. The Labute approximate surface area is 140 Å². The van der Waals surface area contributed by atoms with Gasteiger partial charge in [0.15, 0.2) is 0 Å². The summed E-state index contributed by atoms with van der Waals surface area (Å²) >= 11 is 1.33. The molecule has 5 nitrogen and oxygen atoms in total. The van der Waals surface area contributed by atoms with E-state index in [4.69, 9.17) is 4.42 Å². The van der Waals surface area contributed by atoms with Gasteiger partial charge in [0.2, 0.25) is 11.8 Å². The molecule has 1 saturated heterocycles. The Bertz CT molecular complexity index is 687. The molecule has 1 aromatic carbocycles. The van der Waals surface area contributed by atoms with Crippen molar-refractivity contribution < 1.29 is 9.21 Å². The Morgan fingerprint density at radius 1 is 1.17 bits per heavy atom. The van der Waals surface area contributed by atoms with E-state index in [1.54, 1.807) is 0 Å². The fourth-order valence-electron chi connectivity index (χ4n) is 2.87. The summed E-state index contributed by atoms with van der Waals surface area (Å²) in [7, 11) is 0. The standard InChI is InChI=1S/C17H21N3O2S/c1-11-8-12(2)10-14(9-11)15-18-19-17(22-15)23-13(3)16(21)20-6-4-5-7-20/h8-10,13H,4-7H2,1-3H3/t13-/m1/s1. The van der Waals surface area contributed by atoms with Crippen LogP contribution in [0.15, 0.2) is 27.8 Å². The van der Waals surface area contributed by atoms with E-state index in [1.165, 1.54) is 11.8 Å². The number of thioether (sulfide) groups is 1. The first-order valence-electron chi connectivity index (χ1n) is 7.90. The number of benzene rings is 1. The van der Waals surface area contributed by atoms with Gasteiger partial charge in [-0.2, -0.15) is 0 Å².